The van der Waals surface area contributed by atoms with Crippen LogP contribution in [0, 0.1) is 6.92 Å². The van der Waals surface area contributed by atoms with E-state index in [-0.39, 0.29) is 16.4 Å². The van der Waals surface area contributed by atoms with Crippen LogP contribution in [0.25, 0.3) is 0 Å². The van der Waals surface area contributed by atoms with Crippen LogP contribution in [0.2, 0.25) is 0 Å². The van der Waals surface area contributed by atoms with Gasteiger partial charge in [0.1, 0.15) is 0 Å². The molecule has 94 valence electrons. The molecule has 17 heavy (non-hydrogen) atoms. The molecule has 2 N–H and O–H groups in total. The Labute approximate surface area is 107 Å². The average molecular weight is 272 g/mol. The molecule has 0 aromatic heterocycles. The minimum absolute atomic E-state index is 0.0715. The van der Waals surface area contributed by atoms with E-state index in [1.54, 1.807) is 25.1 Å². The number of hydrogen-bond acceptors (Lipinski definition) is 3. The molecular formula is C11H16N2O2S2. The van der Waals surface area contributed by atoms with Crippen molar-refractivity contribution in [2.24, 2.45) is 5.73 Å². The van der Waals surface area contributed by atoms with E-state index in [1.165, 1.54) is 4.31 Å². The normalized spacial score (nSPS) is 11.7. The number of rotatable bonds is 5. The first-order valence-electron chi connectivity index (χ1n) is 5.23. The van der Waals surface area contributed by atoms with Crippen molar-refractivity contribution >= 4 is 27.2 Å². The maximum absolute atomic E-state index is 12.3. The monoisotopic (exact) mass is 272 g/mol. The highest BCUT2D eigenvalue weighted by atomic mass is 32.2. The van der Waals surface area contributed by atoms with Gasteiger partial charge in [-0.25, -0.2) is 8.42 Å². The molecular weight excluding hydrogens is 256 g/mol. The van der Waals surface area contributed by atoms with Gasteiger partial charge in [-0.05, 0) is 24.6 Å². The van der Waals surface area contributed by atoms with Crippen molar-refractivity contribution in [3.8, 4) is 0 Å². The standard InChI is InChI=1S/C11H16N2O2S2/c1-3-13(8-11(12)16)17(14,15)10-6-4-5-9(2)7-10/h4-7H,3,8H2,1-2H3,(H2,12,16). The number of benzene rings is 1. The van der Waals surface area contributed by atoms with E-state index in [1.807, 2.05) is 13.0 Å². The molecule has 0 unspecified atom stereocenters. The van der Waals surface area contributed by atoms with Crippen LogP contribution in [0.3, 0.4) is 0 Å². The molecule has 0 fully saturated rings. The van der Waals surface area contributed by atoms with Crippen molar-refractivity contribution < 1.29 is 8.42 Å². The number of thiocarbonyl (C=S) groups is 1. The predicted octanol–water partition coefficient (Wildman–Crippen LogP) is 1.29. The summed E-state index contributed by atoms with van der Waals surface area (Å²) in [6.45, 7) is 4.02. The van der Waals surface area contributed by atoms with E-state index in [9.17, 15) is 8.42 Å². The summed E-state index contributed by atoms with van der Waals surface area (Å²) in [7, 11) is -3.50. The van der Waals surface area contributed by atoms with Gasteiger partial charge < -0.3 is 5.73 Å². The first-order valence-corrected chi connectivity index (χ1v) is 7.08. The van der Waals surface area contributed by atoms with E-state index in [4.69, 9.17) is 18.0 Å². The zero-order chi connectivity index (χ0) is 13.1. The van der Waals surface area contributed by atoms with Gasteiger partial charge in [0, 0.05) is 6.54 Å². The lowest BCUT2D eigenvalue weighted by Crippen LogP contribution is -2.37. The molecule has 4 nitrogen and oxygen atoms in total. The van der Waals surface area contributed by atoms with Crippen LogP contribution in [0.1, 0.15) is 12.5 Å². The Morgan fingerprint density at radius 2 is 2.12 bits per heavy atom. The van der Waals surface area contributed by atoms with Crippen LogP contribution in [-0.2, 0) is 10.0 Å². The third-order valence-corrected chi connectivity index (χ3v) is 4.36. The summed E-state index contributed by atoms with van der Waals surface area (Å²) < 4.78 is 25.8. The Hall–Kier alpha value is -0.980. The van der Waals surface area contributed by atoms with Crippen molar-refractivity contribution in [1.29, 1.82) is 0 Å². The predicted molar refractivity (Wildman–Crippen MR) is 72.4 cm³/mol. The van der Waals surface area contributed by atoms with Gasteiger partial charge in [0.25, 0.3) is 0 Å². The third kappa shape index (κ3) is 3.49. The van der Waals surface area contributed by atoms with Crippen LogP contribution in [0.15, 0.2) is 29.2 Å². The molecule has 0 spiro atoms. The van der Waals surface area contributed by atoms with Gasteiger partial charge in [0.2, 0.25) is 10.0 Å². The van der Waals surface area contributed by atoms with Gasteiger partial charge in [0.15, 0.2) is 0 Å². The molecule has 1 aromatic rings. The summed E-state index contributed by atoms with van der Waals surface area (Å²) >= 11 is 4.75. The van der Waals surface area contributed by atoms with E-state index >= 15 is 0 Å². The van der Waals surface area contributed by atoms with Gasteiger partial charge in [-0.2, -0.15) is 4.31 Å². The molecule has 0 aliphatic carbocycles. The van der Waals surface area contributed by atoms with Crippen molar-refractivity contribution in [3.05, 3.63) is 29.8 Å². The topological polar surface area (TPSA) is 63.4 Å². The number of hydrogen-bond donors (Lipinski definition) is 1. The lowest BCUT2D eigenvalue weighted by molar-refractivity contribution is 0.468. The van der Waals surface area contributed by atoms with Gasteiger partial charge >= 0.3 is 0 Å². The summed E-state index contributed by atoms with van der Waals surface area (Å²) in [6.07, 6.45) is 0. The zero-order valence-corrected chi connectivity index (χ0v) is 11.5. The summed E-state index contributed by atoms with van der Waals surface area (Å²) in [4.78, 5) is 0.443. The van der Waals surface area contributed by atoms with E-state index in [2.05, 4.69) is 0 Å². The molecule has 0 saturated heterocycles. The van der Waals surface area contributed by atoms with Crippen molar-refractivity contribution in [1.82, 2.24) is 4.31 Å². The quantitative estimate of drug-likeness (QED) is 0.820. The smallest absolute Gasteiger partial charge is 0.243 e. The Morgan fingerprint density at radius 1 is 1.47 bits per heavy atom. The molecule has 0 aliphatic rings. The van der Waals surface area contributed by atoms with Gasteiger partial charge in [0.05, 0.1) is 16.4 Å². The molecule has 0 atom stereocenters. The maximum Gasteiger partial charge on any atom is 0.243 e. The first-order chi connectivity index (χ1) is 7.87. The molecule has 0 heterocycles. The summed E-state index contributed by atoms with van der Waals surface area (Å²) in [6, 6.07) is 6.78. The number of aryl methyl sites for hydroxylation is 1. The van der Waals surface area contributed by atoms with Crippen molar-refractivity contribution in [3.63, 3.8) is 0 Å². The first kappa shape index (κ1) is 14.1. The van der Waals surface area contributed by atoms with Crippen LogP contribution in [0.4, 0.5) is 0 Å². The second kappa shape index (κ2) is 5.57. The van der Waals surface area contributed by atoms with Crippen LogP contribution < -0.4 is 5.73 Å². The fourth-order valence-corrected chi connectivity index (χ4v) is 3.24. The zero-order valence-electron chi connectivity index (χ0n) is 9.88. The summed E-state index contributed by atoms with van der Waals surface area (Å²) in [5.74, 6) is 0. The molecule has 1 aromatic carbocycles. The van der Waals surface area contributed by atoms with Crippen LogP contribution in [-0.4, -0.2) is 30.8 Å². The van der Waals surface area contributed by atoms with E-state index in [0.29, 0.717) is 6.54 Å². The third-order valence-electron chi connectivity index (χ3n) is 2.31. The number of nitrogens with two attached hydrogens (primary N) is 1. The highest BCUT2D eigenvalue weighted by molar-refractivity contribution is 7.89. The Balaban J connectivity index is 3.13. The fourth-order valence-electron chi connectivity index (χ4n) is 1.47. The molecule has 1 rings (SSSR count). The largest absolute Gasteiger partial charge is 0.392 e. The average Bonchev–Trinajstić information content (AvgIpc) is 2.25. The number of sulfonamides is 1. The molecule has 0 saturated carbocycles. The SMILES string of the molecule is CCN(CC(N)=S)S(=O)(=O)c1cccc(C)c1. The Bertz CT molecular complexity index is 512. The maximum atomic E-state index is 12.3. The highest BCUT2D eigenvalue weighted by Gasteiger charge is 2.23. The minimum atomic E-state index is -3.50. The Kier molecular flexibility index (Phi) is 4.62. The van der Waals surface area contributed by atoms with Gasteiger partial charge in [-0.3, -0.25) is 0 Å². The van der Waals surface area contributed by atoms with Crippen molar-refractivity contribution in [2.75, 3.05) is 13.1 Å². The van der Waals surface area contributed by atoms with E-state index < -0.39 is 10.0 Å². The highest BCUT2D eigenvalue weighted by Crippen LogP contribution is 2.16. The summed E-state index contributed by atoms with van der Waals surface area (Å²) in [5.41, 5.74) is 6.30. The molecule has 0 radical (unpaired) electrons. The van der Waals surface area contributed by atoms with Gasteiger partial charge in [-0.15, -0.1) is 0 Å². The lowest BCUT2D eigenvalue weighted by atomic mass is 10.2. The second-order valence-corrected chi connectivity index (χ2v) is 6.18. The molecule has 0 amide bonds. The number of likely N-dealkylation sites (N-methyl/N-ethyl adjacent to an activating group) is 1. The van der Waals surface area contributed by atoms with Crippen LogP contribution in [0.5, 0.6) is 0 Å². The summed E-state index contributed by atoms with van der Waals surface area (Å²) in [5, 5.41) is 0. The fraction of sp³-hybridized carbons (Fsp3) is 0.364. The van der Waals surface area contributed by atoms with Gasteiger partial charge in [-0.1, -0.05) is 31.3 Å². The second-order valence-electron chi connectivity index (χ2n) is 3.71. The molecule has 0 aliphatic heterocycles. The molecule has 0 bridgehead atoms. The lowest BCUT2D eigenvalue weighted by Gasteiger charge is -2.19. The van der Waals surface area contributed by atoms with Crippen molar-refractivity contribution in [2.45, 2.75) is 18.7 Å². The van der Waals surface area contributed by atoms with E-state index in [0.717, 1.165) is 5.56 Å². The van der Waals surface area contributed by atoms with Crippen LogP contribution >= 0.6 is 12.2 Å². The number of nitrogens with zero attached hydrogens (tertiary/aromatic N) is 1. The minimum Gasteiger partial charge on any atom is -0.392 e. The Morgan fingerprint density at radius 3 is 2.59 bits per heavy atom. The molecule has 6 heteroatoms.